The summed E-state index contributed by atoms with van der Waals surface area (Å²) in [4.78, 5) is 0. The molecule has 0 radical (unpaired) electrons. The van der Waals surface area contributed by atoms with Crippen LogP contribution < -0.4 is 5.73 Å². The molecule has 1 aromatic heterocycles. The summed E-state index contributed by atoms with van der Waals surface area (Å²) in [5, 5.41) is 4.44. The van der Waals surface area contributed by atoms with E-state index in [9.17, 15) is 0 Å². The molecule has 114 valence electrons. The van der Waals surface area contributed by atoms with Crippen molar-refractivity contribution in [1.82, 2.24) is 9.78 Å². The number of rotatable bonds is 5. The molecule has 1 saturated carbocycles. The average molecular weight is 344 g/mol. The van der Waals surface area contributed by atoms with E-state index in [1.54, 1.807) is 7.11 Å². The van der Waals surface area contributed by atoms with Crippen molar-refractivity contribution < 1.29 is 4.74 Å². The molecular weight excluding hydrogens is 318 g/mol. The fraction of sp³-hybridized carbons (Fsp3) is 0.800. The molecule has 0 saturated heterocycles. The van der Waals surface area contributed by atoms with Crippen LogP contribution >= 0.6 is 15.9 Å². The van der Waals surface area contributed by atoms with Gasteiger partial charge in [0.1, 0.15) is 0 Å². The van der Waals surface area contributed by atoms with Gasteiger partial charge >= 0.3 is 0 Å². The van der Waals surface area contributed by atoms with E-state index < -0.39 is 0 Å². The third-order valence-electron chi connectivity index (χ3n) is 4.49. The number of hydrogen-bond donors (Lipinski definition) is 1. The smallest absolute Gasteiger partial charge is 0.0886 e. The Hall–Kier alpha value is -0.390. The van der Waals surface area contributed by atoms with Crippen molar-refractivity contribution in [3.8, 4) is 0 Å². The van der Waals surface area contributed by atoms with Gasteiger partial charge in [-0.15, -0.1) is 0 Å². The van der Waals surface area contributed by atoms with E-state index in [0.717, 1.165) is 36.0 Å². The highest BCUT2D eigenvalue weighted by Gasteiger charge is 2.40. The van der Waals surface area contributed by atoms with Crippen LogP contribution in [0.25, 0.3) is 0 Å². The average Bonchev–Trinajstić information content (AvgIpc) is 2.68. The van der Waals surface area contributed by atoms with Crippen molar-refractivity contribution in [3.05, 3.63) is 16.4 Å². The Morgan fingerprint density at radius 1 is 1.40 bits per heavy atom. The van der Waals surface area contributed by atoms with Gasteiger partial charge in [-0.05, 0) is 35.2 Å². The lowest BCUT2D eigenvalue weighted by atomic mass is 9.84. The van der Waals surface area contributed by atoms with Gasteiger partial charge in [0.2, 0.25) is 0 Å². The zero-order chi connectivity index (χ0) is 14.6. The van der Waals surface area contributed by atoms with Gasteiger partial charge < -0.3 is 10.5 Å². The Bertz CT molecular complexity index is 425. The number of halogens is 1. The lowest BCUT2D eigenvalue weighted by Crippen LogP contribution is -2.44. The Balaban J connectivity index is 2.31. The zero-order valence-corrected chi connectivity index (χ0v) is 14.2. The first-order valence-corrected chi connectivity index (χ1v) is 8.46. The Morgan fingerprint density at radius 3 is 2.60 bits per heavy atom. The minimum Gasteiger partial charge on any atom is -0.376 e. The van der Waals surface area contributed by atoms with E-state index in [0.29, 0.717) is 0 Å². The van der Waals surface area contributed by atoms with Gasteiger partial charge in [-0.25, -0.2) is 0 Å². The first kappa shape index (κ1) is 16.0. The Morgan fingerprint density at radius 2 is 2.05 bits per heavy atom. The number of aryl methyl sites for hydroxylation is 1. The summed E-state index contributed by atoms with van der Waals surface area (Å²) < 4.78 is 8.97. The first-order chi connectivity index (χ1) is 9.64. The predicted octanol–water partition coefficient (Wildman–Crippen LogP) is 3.79. The number of hydrogen-bond acceptors (Lipinski definition) is 3. The number of methoxy groups -OCH3 is 1. The van der Waals surface area contributed by atoms with Gasteiger partial charge in [-0.3, -0.25) is 4.68 Å². The molecule has 1 aromatic rings. The van der Waals surface area contributed by atoms with Crippen molar-refractivity contribution >= 4 is 15.9 Å². The molecule has 0 bridgehead atoms. The third kappa shape index (κ3) is 3.10. The number of aromatic nitrogens is 2. The van der Waals surface area contributed by atoms with Crippen molar-refractivity contribution in [2.75, 3.05) is 7.11 Å². The second kappa shape index (κ2) is 7.05. The molecule has 1 unspecified atom stereocenters. The minimum absolute atomic E-state index is 0.131. The van der Waals surface area contributed by atoms with Crippen molar-refractivity contribution in [1.29, 1.82) is 0 Å². The van der Waals surface area contributed by atoms with E-state index in [-0.39, 0.29) is 11.6 Å². The number of nitrogens with zero attached hydrogens (tertiary/aromatic N) is 2. The van der Waals surface area contributed by atoms with Crippen molar-refractivity contribution in [3.63, 3.8) is 0 Å². The maximum atomic E-state index is 6.65. The summed E-state index contributed by atoms with van der Waals surface area (Å²) >= 11 is 3.61. The summed E-state index contributed by atoms with van der Waals surface area (Å²) in [6.45, 7) is 3.05. The van der Waals surface area contributed by atoms with Crippen LogP contribution in [-0.2, 0) is 11.3 Å². The van der Waals surface area contributed by atoms with Gasteiger partial charge in [0.25, 0.3) is 0 Å². The molecule has 4 nitrogen and oxygen atoms in total. The lowest BCUT2D eigenvalue weighted by Gasteiger charge is -2.37. The largest absolute Gasteiger partial charge is 0.376 e. The van der Waals surface area contributed by atoms with Crippen LogP contribution in [0.1, 0.15) is 63.6 Å². The first-order valence-electron chi connectivity index (χ1n) is 7.66. The van der Waals surface area contributed by atoms with Gasteiger partial charge in [0.05, 0.1) is 28.0 Å². The minimum atomic E-state index is -0.245. The summed E-state index contributed by atoms with van der Waals surface area (Å²) in [6.07, 6.45) is 9.93. The molecule has 5 heteroatoms. The van der Waals surface area contributed by atoms with E-state index >= 15 is 0 Å². The number of nitrogens with two attached hydrogens (primary N) is 1. The van der Waals surface area contributed by atoms with Crippen LogP contribution in [0, 0.1) is 0 Å². The third-order valence-corrected chi connectivity index (χ3v) is 5.10. The SMILES string of the molecule is CCCn1ncc(Br)c1C(N)C1(OC)CCCCCC1. The summed E-state index contributed by atoms with van der Waals surface area (Å²) in [7, 11) is 1.81. The van der Waals surface area contributed by atoms with Crippen LogP contribution in [0.4, 0.5) is 0 Å². The Kier molecular flexibility index (Phi) is 5.64. The predicted molar refractivity (Wildman–Crippen MR) is 84.6 cm³/mol. The van der Waals surface area contributed by atoms with E-state index in [4.69, 9.17) is 10.5 Å². The fourth-order valence-corrected chi connectivity index (χ4v) is 3.83. The summed E-state index contributed by atoms with van der Waals surface area (Å²) in [6, 6.07) is -0.131. The molecule has 1 heterocycles. The van der Waals surface area contributed by atoms with Crippen molar-refractivity contribution in [2.45, 2.75) is 70.1 Å². The standard InChI is InChI=1S/C15H26BrN3O/c1-3-10-19-13(12(16)11-18-19)14(17)15(20-2)8-6-4-5-7-9-15/h11,14H,3-10,17H2,1-2H3. The van der Waals surface area contributed by atoms with E-state index in [1.165, 1.54) is 25.7 Å². The maximum Gasteiger partial charge on any atom is 0.0886 e. The molecule has 1 aliphatic carbocycles. The highest BCUT2D eigenvalue weighted by Crippen LogP contribution is 2.40. The molecule has 2 rings (SSSR count). The molecule has 0 aromatic carbocycles. The highest BCUT2D eigenvalue weighted by atomic mass is 79.9. The monoisotopic (exact) mass is 343 g/mol. The zero-order valence-electron chi connectivity index (χ0n) is 12.6. The van der Waals surface area contributed by atoms with Crippen LogP contribution in [0.2, 0.25) is 0 Å². The van der Waals surface area contributed by atoms with Gasteiger partial charge in [-0.2, -0.15) is 5.10 Å². The van der Waals surface area contributed by atoms with Gasteiger partial charge in [0.15, 0.2) is 0 Å². The van der Waals surface area contributed by atoms with Crippen LogP contribution in [-0.4, -0.2) is 22.5 Å². The molecule has 0 amide bonds. The van der Waals surface area contributed by atoms with Crippen LogP contribution in [0.5, 0.6) is 0 Å². The highest BCUT2D eigenvalue weighted by molar-refractivity contribution is 9.10. The van der Waals surface area contributed by atoms with Crippen LogP contribution in [0.3, 0.4) is 0 Å². The van der Waals surface area contributed by atoms with Crippen LogP contribution in [0.15, 0.2) is 10.7 Å². The normalized spacial score (nSPS) is 20.6. The second-order valence-corrected chi connectivity index (χ2v) is 6.62. The summed E-state index contributed by atoms with van der Waals surface area (Å²) in [5.41, 5.74) is 7.48. The summed E-state index contributed by atoms with van der Waals surface area (Å²) in [5.74, 6) is 0. The van der Waals surface area contributed by atoms with E-state index in [1.807, 2.05) is 10.9 Å². The second-order valence-electron chi connectivity index (χ2n) is 5.76. The molecule has 1 atom stereocenters. The lowest BCUT2D eigenvalue weighted by molar-refractivity contribution is -0.0462. The molecule has 0 aliphatic heterocycles. The van der Waals surface area contributed by atoms with Gasteiger partial charge in [0, 0.05) is 13.7 Å². The fourth-order valence-electron chi connectivity index (χ4n) is 3.29. The molecule has 20 heavy (non-hydrogen) atoms. The van der Waals surface area contributed by atoms with Gasteiger partial charge in [-0.1, -0.05) is 32.6 Å². The molecule has 1 fully saturated rings. The maximum absolute atomic E-state index is 6.65. The molecule has 0 spiro atoms. The van der Waals surface area contributed by atoms with E-state index in [2.05, 4.69) is 28.0 Å². The Labute approximate surface area is 130 Å². The topological polar surface area (TPSA) is 53.1 Å². The molecular formula is C15H26BrN3O. The molecule has 1 aliphatic rings. The number of ether oxygens (including phenoxy) is 1. The quantitative estimate of drug-likeness (QED) is 0.827. The molecule has 2 N–H and O–H groups in total. The van der Waals surface area contributed by atoms with Crippen molar-refractivity contribution in [2.24, 2.45) is 5.73 Å².